The van der Waals surface area contributed by atoms with Gasteiger partial charge in [-0.1, -0.05) is 0 Å². The molecule has 6 nitrogen and oxygen atoms in total. The van der Waals surface area contributed by atoms with Crippen molar-refractivity contribution in [2.24, 2.45) is 16.1 Å². The summed E-state index contributed by atoms with van der Waals surface area (Å²) in [6, 6.07) is 0. The molecule has 0 bridgehead atoms. The first-order chi connectivity index (χ1) is 9.54. The van der Waals surface area contributed by atoms with Gasteiger partial charge in [0.15, 0.2) is 5.66 Å². The lowest BCUT2D eigenvalue weighted by molar-refractivity contribution is -0.126. The molecule has 0 aromatic carbocycles. The third-order valence-electron chi connectivity index (χ3n) is 3.81. The summed E-state index contributed by atoms with van der Waals surface area (Å²) >= 11 is 0. The highest BCUT2D eigenvalue weighted by Crippen LogP contribution is 2.37. The highest BCUT2D eigenvalue weighted by Gasteiger charge is 2.39. The van der Waals surface area contributed by atoms with Gasteiger partial charge in [0.1, 0.15) is 0 Å². The van der Waals surface area contributed by atoms with Crippen molar-refractivity contribution >= 4 is 11.8 Å². The lowest BCUT2D eigenvalue weighted by Gasteiger charge is -2.12. The van der Waals surface area contributed by atoms with E-state index in [4.69, 9.17) is 6.42 Å². The summed E-state index contributed by atoms with van der Waals surface area (Å²) in [5.74, 6) is 2.93. The Balaban J connectivity index is 1.62. The molecule has 1 saturated heterocycles. The smallest absolute Gasteiger partial charge is 0.222 e. The maximum absolute atomic E-state index is 11.8. The van der Waals surface area contributed by atoms with Crippen LogP contribution in [0.25, 0.3) is 0 Å². The Bertz CT molecular complexity index is 460. The number of amides is 2. The largest absolute Gasteiger partial charge is 0.356 e. The summed E-state index contributed by atoms with van der Waals surface area (Å²) in [4.78, 5) is 24.8. The van der Waals surface area contributed by atoms with Crippen molar-refractivity contribution in [3.05, 3.63) is 0 Å². The standard InChI is InChI=1S/C14H20N4O2/c1-3-4-6-14(16-17-14)7-5-12(19)15-9-11-8-13(20)18(2)10-11/h1,11H,4-10H2,2H3,(H,15,19). The van der Waals surface area contributed by atoms with Crippen LogP contribution in [-0.4, -0.2) is 42.5 Å². The Kier molecular flexibility index (Phi) is 4.38. The van der Waals surface area contributed by atoms with Crippen molar-refractivity contribution in [3.63, 3.8) is 0 Å². The maximum Gasteiger partial charge on any atom is 0.222 e. The molecule has 108 valence electrons. The summed E-state index contributed by atoms with van der Waals surface area (Å²) in [5, 5.41) is 10.9. The fourth-order valence-corrected chi connectivity index (χ4v) is 2.42. The second-order valence-corrected chi connectivity index (χ2v) is 5.54. The molecule has 0 aromatic heterocycles. The predicted molar refractivity (Wildman–Crippen MR) is 73.6 cm³/mol. The van der Waals surface area contributed by atoms with Gasteiger partial charge in [0.2, 0.25) is 11.8 Å². The molecule has 2 aliphatic rings. The first-order valence-electron chi connectivity index (χ1n) is 6.93. The third kappa shape index (κ3) is 3.80. The number of likely N-dealkylation sites (tertiary alicyclic amines) is 1. The highest BCUT2D eigenvalue weighted by molar-refractivity contribution is 5.79. The van der Waals surface area contributed by atoms with E-state index in [1.54, 1.807) is 11.9 Å². The second-order valence-electron chi connectivity index (χ2n) is 5.54. The number of terminal acetylenes is 1. The number of hydrogen-bond acceptors (Lipinski definition) is 4. The average Bonchev–Trinajstić information content (AvgIpc) is 3.13. The second kappa shape index (κ2) is 6.04. The first kappa shape index (κ1) is 14.5. The number of carbonyl (C=O) groups excluding carboxylic acids is 2. The molecule has 1 fully saturated rings. The number of hydrogen-bond donors (Lipinski definition) is 1. The lowest BCUT2D eigenvalue weighted by atomic mass is 10.0. The van der Waals surface area contributed by atoms with Crippen LogP contribution in [0.5, 0.6) is 0 Å². The quantitative estimate of drug-likeness (QED) is 0.703. The minimum Gasteiger partial charge on any atom is -0.356 e. The molecule has 6 heteroatoms. The van der Waals surface area contributed by atoms with Gasteiger partial charge in [-0.15, -0.1) is 12.3 Å². The Labute approximate surface area is 119 Å². The molecular weight excluding hydrogens is 256 g/mol. The van der Waals surface area contributed by atoms with Gasteiger partial charge >= 0.3 is 0 Å². The van der Waals surface area contributed by atoms with Crippen LogP contribution in [0.2, 0.25) is 0 Å². The minimum atomic E-state index is -0.396. The van der Waals surface area contributed by atoms with E-state index in [2.05, 4.69) is 21.5 Å². The van der Waals surface area contributed by atoms with E-state index < -0.39 is 5.66 Å². The number of carbonyl (C=O) groups is 2. The van der Waals surface area contributed by atoms with E-state index in [-0.39, 0.29) is 17.7 Å². The predicted octanol–water partition coefficient (Wildman–Crippen LogP) is 0.937. The van der Waals surface area contributed by atoms with Crippen LogP contribution >= 0.6 is 0 Å². The van der Waals surface area contributed by atoms with Crippen molar-refractivity contribution in [2.45, 2.75) is 37.8 Å². The molecule has 2 aliphatic heterocycles. The van der Waals surface area contributed by atoms with Gasteiger partial charge in [0.05, 0.1) is 0 Å². The molecular formula is C14H20N4O2. The Hall–Kier alpha value is -1.90. The molecule has 1 atom stereocenters. The van der Waals surface area contributed by atoms with E-state index in [0.717, 1.165) is 13.0 Å². The van der Waals surface area contributed by atoms with Crippen LogP contribution in [0.15, 0.2) is 10.2 Å². The summed E-state index contributed by atoms with van der Waals surface area (Å²) in [6.07, 6.45) is 8.10. The molecule has 2 amide bonds. The molecule has 2 rings (SSSR count). The highest BCUT2D eigenvalue weighted by atomic mass is 16.2. The molecule has 20 heavy (non-hydrogen) atoms. The van der Waals surface area contributed by atoms with E-state index >= 15 is 0 Å². The summed E-state index contributed by atoms with van der Waals surface area (Å²) < 4.78 is 0. The molecule has 2 heterocycles. The fourth-order valence-electron chi connectivity index (χ4n) is 2.42. The zero-order valence-electron chi connectivity index (χ0n) is 11.8. The molecule has 1 unspecified atom stereocenters. The Morgan fingerprint density at radius 3 is 2.85 bits per heavy atom. The monoisotopic (exact) mass is 276 g/mol. The van der Waals surface area contributed by atoms with E-state index in [1.807, 2.05) is 0 Å². The average molecular weight is 276 g/mol. The van der Waals surface area contributed by atoms with Crippen molar-refractivity contribution in [3.8, 4) is 12.3 Å². The van der Waals surface area contributed by atoms with Gasteiger partial charge in [-0.25, -0.2) is 0 Å². The van der Waals surface area contributed by atoms with E-state index in [9.17, 15) is 9.59 Å². The number of nitrogens with one attached hydrogen (secondary N) is 1. The van der Waals surface area contributed by atoms with Crippen LogP contribution in [-0.2, 0) is 9.59 Å². The van der Waals surface area contributed by atoms with Crippen LogP contribution in [0.4, 0.5) is 0 Å². The number of rotatable bonds is 7. The SMILES string of the molecule is C#CCCC1(CCC(=O)NCC2CC(=O)N(C)C2)N=N1. The van der Waals surface area contributed by atoms with Gasteiger partial charge < -0.3 is 10.2 Å². The summed E-state index contributed by atoms with van der Waals surface area (Å²) in [7, 11) is 1.79. The van der Waals surface area contributed by atoms with Gasteiger partial charge in [0.25, 0.3) is 0 Å². The van der Waals surface area contributed by atoms with Crippen LogP contribution in [0.3, 0.4) is 0 Å². The zero-order valence-corrected chi connectivity index (χ0v) is 11.8. The minimum absolute atomic E-state index is 0.00983. The molecule has 0 spiro atoms. The Morgan fingerprint density at radius 2 is 2.30 bits per heavy atom. The Morgan fingerprint density at radius 1 is 1.55 bits per heavy atom. The fraction of sp³-hybridized carbons (Fsp3) is 0.714. The molecule has 0 aliphatic carbocycles. The maximum atomic E-state index is 11.8. The molecule has 0 aromatic rings. The summed E-state index contributed by atoms with van der Waals surface area (Å²) in [6.45, 7) is 1.27. The molecule has 1 N–H and O–H groups in total. The topological polar surface area (TPSA) is 74.1 Å². The van der Waals surface area contributed by atoms with Gasteiger partial charge in [0, 0.05) is 58.2 Å². The first-order valence-corrected chi connectivity index (χ1v) is 6.93. The van der Waals surface area contributed by atoms with Crippen molar-refractivity contribution in [1.29, 1.82) is 0 Å². The van der Waals surface area contributed by atoms with Gasteiger partial charge in [-0.3, -0.25) is 9.59 Å². The van der Waals surface area contributed by atoms with Crippen molar-refractivity contribution < 1.29 is 9.59 Å². The van der Waals surface area contributed by atoms with Crippen molar-refractivity contribution in [1.82, 2.24) is 10.2 Å². The zero-order chi connectivity index (χ0) is 14.6. The van der Waals surface area contributed by atoms with Crippen molar-refractivity contribution in [2.75, 3.05) is 20.1 Å². The van der Waals surface area contributed by atoms with Crippen LogP contribution in [0, 0.1) is 18.3 Å². The normalized spacial score (nSPS) is 22.7. The molecule has 0 radical (unpaired) electrons. The van der Waals surface area contributed by atoms with E-state index in [1.165, 1.54) is 0 Å². The molecule has 0 saturated carbocycles. The summed E-state index contributed by atoms with van der Waals surface area (Å²) in [5.41, 5.74) is -0.396. The van der Waals surface area contributed by atoms with Crippen LogP contribution < -0.4 is 5.32 Å². The van der Waals surface area contributed by atoms with Crippen LogP contribution in [0.1, 0.15) is 32.1 Å². The van der Waals surface area contributed by atoms with E-state index in [0.29, 0.717) is 32.2 Å². The lowest BCUT2D eigenvalue weighted by Crippen LogP contribution is -2.31. The van der Waals surface area contributed by atoms with Gasteiger partial charge in [-0.2, -0.15) is 10.2 Å². The number of nitrogens with zero attached hydrogens (tertiary/aromatic N) is 3. The third-order valence-corrected chi connectivity index (χ3v) is 3.81. The van der Waals surface area contributed by atoms with Gasteiger partial charge in [-0.05, 0) is 0 Å².